The van der Waals surface area contributed by atoms with Gasteiger partial charge in [0.25, 0.3) is 0 Å². The number of esters is 1. The second kappa shape index (κ2) is 15.0. The van der Waals surface area contributed by atoms with Crippen molar-refractivity contribution in [3.8, 4) is 16.9 Å². The van der Waals surface area contributed by atoms with Gasteiger partial charge in [-0.1, -0.05) is 91.0 Å². The lowest BCUT2D eigenvalue weighted by Gasteiger charge is -2.24. The van der Waals surface area contributed by atoms with Crippen molar-refractivity contribution in [2.45, 2.75) is 64.1 Å². The van der Waals surface area contributed by atoms with Crippen LogP contribution in [-0.2, 0) is 31.9 Å². The number of rotatable bonds is 12. The van der Waals surface area contributed by atoms with E-state index in [1.165, 1.54) is 6.92 Å². The summed E-state index contributed by atoms with van der Waals surface area (Å²) in [5.74, 6) is -0.268. The topological polar surface area (TPSA) is 103 Å². The fourth-order valence-electron chi connectivity index (χ4n) is 5.84. The van der Waals surface area contributed by atoms with Crippen LogP contribution in [0.4, 0.5) is 4.79 Å². The summed E-state index contributed by atoms with van der Waals surface area (Å²) in [5.41, 5.74) is 5.90. The van der Waals surface area contributed by atoms with E-state index in [0.717, 1.165) is 33.4 Å². The van der Waals surface area contributed by atoms with E-state index in [2.05, 4.69) is 34.9 Å². The minimum absolute atomic E-state index is 0.00747. The van der Waals surface area contributed by atoms with E-state index in [-0.39, 0.29) is 31.2 Å². The van der Waals surface area contributed by atoms with E-state index in [1.807, 2.05) is 99.6 Å². The Bertz CT molecular complexity index is 1630. The van der Waals surface area contributed by atoms with Gasteiger partial charge in [-0.2, -0.15) is 0 Å². The summed E-state index contributed by atoms with van der Waals surface area (Å²) in [6.07, 6.45) is -0.0485. The van der Waals surface area contributed by atoms with Gasteiger partial charge < -0.3 is 24.8 Å². The van der Waals surface area contributed by atoms with Crippen LogP contribution in [0.15, 0.2) is 103 Å². The Morgan fingerprint density at radius 3 is 1.87 bits per heavy atom. The zero-order valence-electron chi connectivity index (χ0n) is 27.3. The molecule has 0 bridgehead atoms. The van der Waals surface area contributed by atoms with Gasteiger partial charge in [0.1, 0.15) is 30.6 Å². The van der Waals surface area contributed by atoms with Gasteiger partial charge in [0.2, 0.25) is 5.91 Å². The monoisotopic (exact) mass is 634 g/mol. The third kappa shape index (κ3) is 9.22. The van der Waals surface area contributed by atoms with Gasteiger partial charge in [-0.05, 0) is 72.7 Å². The maximum Gasteiger partial charge on any atom is 0.407 e. The van der Waals surface area contributed by atoms with Crippen molar-refractivity contribution in [1.29, 1.82) is 0 Å². The van der Waals surface area contributed by atoms with Gasteiger partial charge in [-0.15, -0.1) is 0 Å². The standard InChI is InChI=1S/C39H42N2O6/c1-26(42)45-24-29(22-27-12-6-5-7-13-27)40-37(43)36(23-28-18-20-30(21-19-28)47-39(2,3)4)41-38(44)46-25-35-33-16-10-8-14-31(33)32-15-9-11-17-34(32)35/h5-21,29,35-36H,22-25H2,1-4H3,(H,40,43)(H,41,44)/t29-,36+/m1/s1. The predicted molar refractivity (Wildman–Crippen MR) is 181 cm³/mol. The molecule has 0 aliphatic heterocycles. The summed E-state index contributed by atoms with van der Waals surface area (Å²) >= 11 is 0. The molecule has 0 unspecified atom stereocenters. The number of hydrogen-bond acceptors (Lipinski definition) is 6. The van der Waals surface area contributed by atoms with Crippen LogP contribution in [-0.4, -0.2) is 48.9 Å². The lowest BCUT2D eigenvalue weighted by Crippen LogP contribution is -2.52. The number of nitrogens with one attached hydrogen (secondary N) is 2. The fourth-order valence-corrected chi connectivity index (χ4v) is 5.84. The van der Waals surface area contributed by atoms with Gasteiger partial charge >= 0.3 is 12.1 Å². The van der Waals surface area contributed by atoms with Crippen molar-refractivity contribution in [3.05, 3.63) is 125 Å². The van der Waals surface area contributed by atoms with Crippen molar-refractivity contribution >= 4 is 18.0 Å². The number of amides is 2. The van der Waals surface area contributed by atoms with E-state index in [9.17, 15) is 14.4 Å². The Labute approximate surface area is 276 Å². The van der Waals surface area contributed by atoms with Crippen molar-refractivity contribution < 1.29 is 28.6 Å². The van der Waals surface area contributed by atoms with E-state index in [0.29, 0.717) is 12.2 Å². The molecular formula is C39H42N2O6. The molecule has 1 aliphatic rings. The first kappa shape index (κ1) is 33.3. The number of alkyl carbamates (subject to hydrolysis) is 1. The number of carbonyl (C=O) groups excluding carboxylic acids is 3. The first-order valence-electron chi connectivity index (χ1n) is 15.9. The van der Waals surface area contributed by atoms with Crippen LogP contribution in [0.1, 0.15) is 55.9 Å². The predicted octanol–water partition coefficient (Wildman–Crippen LogP) is 6.60. The largest absolute Gasteiger partial charge is 0.488 e. The number of benzene rings is 4. The summed E-state index contributed by atoms with van der Waals surface area (Å²) in [4.78, 5) is 38.8. The molecule has 2 atom stereocenters. The summed E-state index contributed by atoms with van der Waals surface area (Å²) in [6, 6.07) is 31.8. The molecule has 5 rings (SSSR count). The van der Waals surface area contributed by atoms with Crippen LogP contribution in [0, 0.1) is 0 Å². The van der Waals surface area contributed by atoms with Crippen LogP contribution in [0.25, 0.3) is 11.1 Å². The molecule has 4 aromatic carbocycles. The second-order valence-electron chi connectivity index (χ2n) is 12.8. The van der Waals surface area contributed by atoms with Gasteiger partial charge in [0.15, 0.2) is 0 Å². The Kier molecular flexibility index (Phi) is 10.6. The van der Waals surface area contributed by atoms with E-state index >= 15 is 0 Å². The van der Waals surface area contributed by atoms with Crippen molar-refractivity contribution in [2.75, 3.05) is 13.2 Å². The van der Waals surface area contributed by atoms with Crippen LogP contribution in [0.5, 0.6) is 5.75 Å². The fraction of sp³-hybridized carbons (Fsp3) is 0.308. The second-order valence-corrected chi connectivity index (χ2v) is 12.8. The van der Waals surface area contributed by atoms with Crippen molar-refractivity contribution in [2.24, 2.45) is 0 Å². The molecule has 0 radical (unpaired) electrons. The molecule has 2 N–H and O–H groups in total. The number of carbonyl (C=O) groups is 3. The molecule has 47 heavy (non-hydrogen) atoms. The van der Waals surface area contributed by atoms with Gasteiger partial charge in [-0.25, -0.2) is 4.79 Å². The SMILES string of the molecule is CC(=O)OC[C@@H](Cc1ccccc1)NC(=O)[C@H](Cc1ccc(OC(C)(C)C)cc1)NC(=O)OCC1c2ccccc2-c2ccccc21. The minimum Gasteiger partial charge on any atom is -0.488 e. The van der Waals surface area contributed by atoms with E-state index < -0.39 is 30.1 Å². The summed E-state index contributed by atoms with van der Waals surface area (Å²) < 4.78 is 17.0. The molecule has 1 aliphatic carbocycles. The molecule has 8 heteroatoms. The highest BCUT2D eigenvalue weighted by Gasteiger charge is 2.30. The lowest BCUT2D eigenvalue weighted by atomic mass is 9.98. The number of ether oxygens (including phenoxy) is 3. The van der Waals surface area contributed by atoms with Gasteiger partial charge in [-0.3, -0.25) is 9.59 Å². The molecule has 0 saturated carbocycles. The summed E-state index contributed by atoms with van der Waals surface area (Å²) in [7, 11) is 0. The molecule has 2 amide bonds. The summed E-state index contributed by atoms with van der Waals surface area (Å²) in [6.45, 7) is 7.36. The third-order valence-corrected chi connectivity index (χ3v) is 7.90. The Morgan fingerprint density at radius 2 is 1.28 bits per heavy atom. The van der Waals surface area contributed by atoms with Crippen molar-refractivity contribution in [1.82, 2.24) is 10.6 Å². The van der Waals surface area contributed by atoms with Gasteiger partial charge in [0.05, 0.1) is 6.04 Å². The van der Waals surface area contributed by atoms with Crippen LogP contribution < -0.4 is 15.4 Å². The lowest BCUT2D eigenvalue weighted by molar-refractivity contribution is -0.142. The maximum atomic E-state index is 13.8. The van der Waals surface area contributed by atoms with Crippen LogP contribution in [0.3, 0.4) is 0 Å². The smallest absolute Gasteiger partial charge is 0.407 e. The van der Waals surface area contributed by atoms with Gasteiger partial charge in [0, 0.05) is 19.3 Å². The Morgan fingerprint density at radius 1 is 0.702 bits per heavy atom. The zero-order chi connectivity index (χ0) is 33.4. The highest BCUT2D eigenvalue weighted by molar-refractivity contribution is 5.86. The minimum atomic E-state index is -0.962. The molecular weight excluding hydrogens is 592 g/mol. The maximum absolute atomic E-state index is 13.8. The molecule has 4 aromatic rings. The molecule has 244 valence electrons. The zero-order valence-corrected chi connectivity index (χ0v) is 27.3. The molecule has 0 spiro atoms. The Hall–Kier alpha value is -5.11. The van der Waals surface area contributed by atoms with E-state index in [4.69, 9.17) is 14.2 Å². The Balaban J connectivity index is 1.31. The normalized spacial score (nSPS) is 13.4. The summed E-state index contributed by atoms with van der Waals surface area (Å²) in [5, 5.41) is 5.81. The number of hydrogen-bond donors (Lipinski definition) is 2. The quantitative estimate of drug-likeness (QED) is 0.170. The van der Waals surface area contributed by atoms with Crippen LogP contribution >= 0.6 is 0 Å². The number of fused-ring (bicyclic) bond motifs is 3. The first-order valence-corrected chi connectivity index (χ1v) is 15.9. The van der Waals surface area contributed by atoms with Crippen molar-refractivity contribution in [3.63, 3.8) is 0 Å². The molecule has 0 aromatic heterocycles. The third-order valence-electron chi connectivity index (χ3n) is 7.90. The molecule has 0 saturated heterocycles. The highest BCUT2D eigenvalue weighted by Crippen LogP contribution is 2.44. The average Bonchev–Trinajstić information content (AvgIpc) is 3.36. The molecule has 8 nitrogen and oxygen atoms in total. The van der Waals surface area contributed by atoms with Crippen LogP contribution in [0.2, 0.25) is 0 Å². The first-order chi connectivity index (χ1) is 22.6. The average molecular weight is 635 g/mol. The molecule has 0 heterocycles. The van der Waals surface area contributed by atoms with E-state index in [1.54, 1.807) is 0 Å². The highest BCUT2D eigenvalue weighted by atomic mass is 16.5. The molecule has 0 fully saturated rings.